The molecular formula is C18H18O4S. The number of Topliss-reactive ketones (excluding diaryl/α,β-unsaturated/α-hetero) is 1. The molecule has 23 heavy (non-hydrogen) atoms. The molecule has 0 amide bonds. The predicted octanol–water partition coefficient (Wildman–Crippen LogP) is 3.32. The van der Waals surface area contributed by atoms with Gasteiger partial charge in [-0.2, -0.15) is 8.42 Å². The maximum absolute atomic E-state index is 13.1. The average Bonchev–Trinajstić information content (AvgIpc) is 2.81. The molecule has 4 nitrogen and oxygen atoms in total. The number of carbonyl (C=O) groups excluding carboxylic acids is 1. The van der Waals surface area contributed by atoms with Gasteiger partial charge in [0, 0.05) is 5.57 Å². The fourth-order valence-corrected chi connectivity index (χ4v) is 6.09. The van der Waals surface area contributed by atoms with Crippen molar-refractivity contribution >= 4 is 28.1 Å². The third kappa shape index (κ3) is 1.64. The summed E-state index contributed by atoms with van der Waals surface area (Å²) in [7, 11) is -4.48. The van der Waals surface area contributed by atoms with Gasteiger partial charge < -0.3 is 0 Å². The second kappa shape index (κ2) is 4.22. The quantitative estimate of drug-likeness (QED) is 0.802. The van der Waals surface area contributed by atoms with Crippen molar-refractivity contribution in [3.8, 4) is 0 Å². The third-order valence-electron chi connectivity index (χ3n) is 6.10. The molecule has 0 heterocycles. The first-order chi connectivity index (χ1) is 10.7. The van der Waals surface area contributed by atoms with Crippen molar-refractivity contribution in [2.75, 3.05) is 0 Å². The largest absolute Gasteiger partial charge is 0.293 e. The third-order valence-corrected chi connectivity index (χ3v) is 7.12. The lowest BCUT2D eigenvalue weighted by atomic mass is 9.68. The number of fused-ring (bicyclic) bond motifs is 4. The Labute approximate surface area is 135 Å². The highest BCUT2D eigenvalue weighted by atomic mass is 32.2. The van der Waals surface area contributed by atoms with E-state index >= 15 is 0 Å². The highest BCUT2D eigenvalue weighted by Gasteiger charge is 2.70. The number of ketones is 1. The van der Waals surface area contributed by atoms with Crippen molar-refractivity contribution in [3.05, 3.63) is 45.9 Å². The summed E-state index contributed by atoms with van der Waals surface area (Å²) in [5.41, 5.74) is 0.551. The van der Waals surface area contributed by atoms with Gasteiger partial charge in [0.05, 0.1) is 10.3 Å². The highest BCUT2D eigenvalue weighted by Crippen LogP contribution is 2.70. The van der Waals surface area contributed by atoms with Crippen LogP contribution in [0.3, 0.4) is 0 Å². The van der Waals surface area contributed by atoms with Crippen molar-refractivity contribution in [2.45, 2.75) is 26.7 Å². The number of benzene rings is 1. The Hall–Kier alpha value is -1.72. The van der Waals surface area contributed by atoms with Crippen LogP contribution in [0.25, 0.3) is 12.2 Å². The number of carbonyl (C=O) groups is 1. The smallest absolute Gasteiger partial charge is 0.291 e. The molecule has 3 aliphatic rings. The van der Waals surface area contributed by atoms with Crippen molar-refractivity contribution in [2.24, 2.45) is 16.7 Å². The lowest BCUT2D eigenvalue weighted by Crippen LogP contribution is -2.40. The fraction of sp³-hybridized carbons (Fsp3) is 0.389. The zero-order chi connectivity index (χ0) is 16.6. The van der Waals surface area contributed by atoms with Gasteiger partial charge in [-0.05, 0) is 47.5 Å². The maximum Gasteiger partial charge on any atom is 0.291 e. The molecule has 0 aromatic heterocycles. The number of allylic oxidation sites excluding steroid dienone is 2. The van der Waals surface area contributed by atoms with E-state index in [1.54, 1.807) is 0 Å². The summed E-state index contributed by atoms with van der Waals surface area (Å²) in [4.78, 5) is 13.0. The molecular weight excluding hydrogens is 312 g/mol. The van der Waals surface area contributed by atoms with Crippen molar-refractivity contribution in [1.82, 2.24) is 0 Å². The van der Waals surface area contributed by atoms with Gasteiger partial charge in [0.25, 0.3) is 10.1 Å². The van der Waals surface area contributed by atoms with E-state index < -0.39 is 20.9 Å². The van der Waals surface area contributed by atoms with Crippen LogP contribution in [-0.2, 0) is 14.9 Å². The first-order valence-electron chi connectivity index (χ1n) is 7.75. The van der Waals surface area contributed by atoms with E-state index in [1.807, 2.05) is 44.2 Å². The summed E-state index contributed by atoms with van der Waals surface area (Å²) in [6.07, 6.45) is 4.63. The van der Waals surface area contributed by atoms with Crippen LogP contribution in [0.1, 0.15) is 37.8 Å². The van der Waals surface area contributed by atoms with Gasteiger partial charge in [-0.3, -0.25) is 9.35 Å². The molecule has 5 heteroatoms. The minimum Gasteiger partial charge on any atom is -0.293 e. The van der Waals surface area contributed by atoms with E-state index in [-0.39, 0.29) is 16.6 Å². The summed E-state index contributed by atoms with van der Waals surface area (Å²) in [5.74, 6) is -0.122. The van der Waals surface area contributed by atoms with Crippen molar-refractivity contribution in [3.63, 3.8) is 0 Å². The molecule has 2 unspecified atom stereocenters. The molecule has 2 fully saturated rings. The van der Waals surface area contributed by atoms with E-state index in [4.69, 9.17) is 0 Å². The molecule has 1 N–H and O–H groups in total. The van der Waals surface area contributed by atoms with E-state index in [0.29, 0.717) is 17.6 Å². The van der Waals surface area contributed by atoms with E-state index in [2.05, 4.69) is 0 Å². The first-order valence-corrected chi connectivity index (χ1v) is 9.19. The predicted molar refractivity (Wildman–Crippen MR) is 87.9 cm³/mol. The van der Waals surface area contributed by atoms with Crippen LogP contribution in [0.15, 0.2) is 34.7 Å². The minimum absolute atomic E-state index is 0.0197. The molecule has 1 spiro atoms. The molecule has 2 saturated carbocycles. The van der Waals surface area contributed by atoms with Crippen LogP contribution < -0.4 is 0 Å². The standard InChI is InChI=1S/C18H18O4S/c1-17(2)14-7-8-18(17)15(23(20,21)22)10-12-6-4-3-5-11(12)9-13(14)16(18)19/h3-6,9-10,14H,7-8H2,1-2H3,(H,20,21,22)/b13-9-,15-10+. The average molecular weight is 330 g/mol. The topological polar surface area (TPSA) is 71.4 Å². The Morgan fingerprint density at radius 2 is 1.74 bits per heavy atom. The Kier molecular flexibility index (Phi) is 2.72. The Morgan fingerprint density at radius 1 is 1.13 bits per heavy atom. The van der Waals surface area contributed by atoms with Gasteiger partial charge in [-0.25, -0.2) is 0 Å². The normalized spacial score (nSPS) is 35.6. The highest BCUT2D eigenvalue weighted by molar-refractivity contribution is 7.90. The van der Waals surface area contributed by atoms with Crippen LogP contribution in [0.2, 0.25) is 0 Å². The summed E-state index contributed by atoms with van der Waals surface area (Å²) in [6.45, 7) is 3.89. The van der Waals surface area contributed by atoms with Gasteiger partial charge in [0.1, 0.15) is 0 Å². The Morgan fingerprint density at radius 3 is 2.35 bits per heavy atom. The van der Waals surface area contributed by atoms with Gasteiger partial charge >= 0.3 is 0 Å². The molecule has 3 aliphatic carbocycles. The summed E-state index contributed by atoms with van der Waals surface area (Å²) >= 11 is 0. The van der Waals surface area contributed by atoms with Gasteiger partial charge in [-0.1, -0.05) is 38.1 Å². The van der Waals surface area contributed by atoms with E-state index in [0.717, 1.165) is 12.0 Å². The molecule has 3 bridgehead atoms. The number of rotatable bonds is 1. The molecule has 0 aliphatic heterocycles. The number of hydrogen-bond donors (Lipinski definition) is 1. The number of hydrogen-bond acceptors (Lipinski definition) is 3. The second-order valence-corrected chi connectivity index (χ2v) is 8.65. The van der Waals surface area contributed by atoms with E-state index in [1.165, 1.54) is 6.08 Å². The monoisotopic (exact) mass is 330 g/mol. The van der Waals surface area contributed by atoms with Crippen LogP contribution >= 0.6 is 0 Å². The van der Waals surface area contributed by atoms with Gasteiger partial charge in [0.15, 0.2) is 5.78 Å². The second-order valence-electron chi connectivity index (χ2n) is 7.26. The van der Waals surface area contributed by atoms with Crippen LogP contribution in [0, 0.1) is 16.7 Å². The molecule has 2 atom stereocenters. The first kappa shape index (κ1) is 14.8. The zero-order valence-electron chi connectivity index (χ0n) is 13.0. The fourth-order valence-electron chi connectivity index (χ4n) is 4.92. The van der Waals surface area contributed by atoms with Crippen LogP contribution in [0.5, 0.6) is 0 Å². The SMILES string of the molecule is CC1(C)C2CCC13C(=O)/C2=C\c1ccccc1/C=C\3S(=O)(=O)O. The lowest BCUT2D eigenvalue weighted by molar-refractivity contribution is -0.123. The zero-order valence-corrected chi connectivity index (χ0v) is 13.9. The summed E-state index contributed by atoms with van der Waals surface area (Å²) in [5, 5.41) is 0. The van der Waals surface area contributed by atoms with Crippen molar-refractivity contribution < 1.29 is 17.8 Å². The van der Waals surface area contributed by atoms with Crippen LogP contribution in [-0.4, -0.2) is 18.8 Å². The van der Waals surface area contributed by atoms with Gasteiger partial charge in [-0.15, -0.1) is 0 Å². The molecule has 1 aromatic carbocycles. The molecule has 0 saturated heterocycles. The molecule has 4 rings (SSSR count). The van der Waals surface area contributed by atoms with Gasteiger partial charge in [0.2, 0.25) is 0 Å². The Balaban J connectivity index is 2.17. The maximum atomic E-state index is 13.1. The summed E-state index contributed by atoms with van der Waals surface area (Å²) < 4.78 is 34.3. The molecule has 0 radical (unpaired) electrons. The lowest BCUT2D eigenvalue weighted by Gasteiger charge is -2.37. The molecule has 120 valence electrons. The summed E-state index contributed by atoms with van der Waals surface area (Å²) in [6, 6.07) is 7.35. The van der Waals surface area contributed by atoms with E-state index in [9.17, 15) is 17.8 Å². The van der Waals surface area contributed by atoms with Crippen LogP contribution in [0.4, 0.5) is 0 Å². The Bertz CT molecular complexity index is 905. The van der Waals surface area contributed by atoms with Crippen molar-refractivity contribution in [1.29, 1.82) is 0 Å². The minimum atomic E-state index is -4.48. The molecule has 1 aromatic rings.